The number of carbonyl (C=O) groups is 1. The first-order valence-electron chi connectivity index (χ1n) is 3.75. The summed E-state index contributed by atoms with van der Waals surface area (Å²) in [6.45, 7) is 3.63. The molecule has 1 aromatic rings. The van der Waals surface area contributed by atoms with Crippen molar-refractivity contribution in [1.29, 1.82) is 0 Å². The Bertz CT molecular complexity index is 351. The molecule has 0 saturated heterocycles. The van der Waals surface area contributed by atoms with Crippen molar-refractivity contribution in [2.45, 2.75) is 18.9 Å². The summed E-state index contributed by atoms with van der Waals surface area (Å²) in [5, 5.41) is 8.40. The molecule has 1 rings (SSSR count). The molecule has 0 spiro atoms. The molecule has 1 amide bonds. The molecule has 5 heteroatoms. The second-order valence-corrected chi connectivity index (χ2v) is 3.45. The van der Waals surface area contributed by atoms with Crippen LogP contribution in [-0.4, -0.2) is 22.4 Å². The van der Waals surface area contributed by atoms with E-state index in [1.165, 1.54) is 11.8 Å². The molecule has 0 aliphatic rings. The summed E-state index contributed by atoms with van der Waals surface area (Å²) in [6.07, 6.45) is 1.84. The summed E-state index contributed by atoms with van der Waals surface area (Å²) in [5.74, 6) is -0.445. The van der Waals surface area contributed by atoms with Crippen molar-refractivity contribution in [3.63, 3.8) is 0 Å². The van der Waals surface area contributed by atoms with Crippen molar-refractivity contribution in [1.82, 2.24) is 10.2 Å². The molecule has 0 unspecified atom stereocenters. The summed E-state index contributed by atoms with van der Waals surface area (Å²) >= 11 is 1.37. The van der Waals surface area contributed by atoms with E-state index in [0.29, 0.717) is 10.6 Å². The first-order chi connectivity index (χ1) is 6.07. The predicted octanol–water partition coefficient (Wildman–Crippen LogP) is 0.914. The van der Waals surface area contributed by atoms with E-state index in [4.69, 9.17) is 5.73 Å². The van der Waals surface area contributed by atoms with Gasteiger partial charge < -0.3 is 5.73 Å². The number of rotatable bonds is 2. The van der Waals surface area contributed by atoms with Crippen molar-refractivity contribution < 1.29 is 4.79 Å². The Labute approximate surface area is 80.9 Å². The minimum absolute atomic E-state index is 0.445. The topological polar surface area (TPSA) is 68.9 Å². The van der Waals surface area contributed by atoms with Crippen LogP contribution in [0.5, 0.6) is 0 Å². The number of aromatic nitrogens is 2. The van der Waals surface area contributed by atoms with Crippen molar-refractivity contribution >= 4 is 17.7 Å². The maximum Gasteiger partial charge on any atom is 0.251 e. The largest absolute Gasteiger partial charge is 0.366 e. The van der Waals surface area contributed by atoms with Gasteiger partial charge in [0.2, 0.25) is 0 Å². The monoisotopic (exact) mass is 197 g/mol. The van der Waals surface area contributed by atoms with E-state index in [1.54, 1.807) is 6.92 Å². The highest BCUT2D eigenvalue weighted by Gasteiger charge is 2.14. The maximum atomic E-state index is 11.1. The van der Waals surface area contributed by atoms with Crippen LogP contribution in [0.1, 0.15) is 21.6 Å². The summed E-state index contributed by atoms with van der Waals surface area (Å²) in [7, 11) is 0. The van der Waals surface area contributed by atoms with Crippen LogP contribution in [0.15, 0.2) is 5.03 Å². The van der Waals surface area contributed by atoms with Crippen LogP contribution >= 0.6 is 11.8 Å². The number of aryl methyl sites for hydroxylation is 1. The van der Waals surface area contributed by atoms with Crippen molar-refractivity contribution in [3.05, 3.63) is 16.8 Å². The number of hydrogen-bond donors (Lipinski definition) is 1. The third kappa shape index (κ3) is 1.80. The molecule has 0 bridgehead atoms. The first kappa shape index (κ1) is 9.98. The van der Waals surface area contributed by atoms with Crippen LogP contribution in [0.3, 0.4) is 0 Å². The lowest BCUT2D eigenvalue weighted by atomic mass is 10.1. The van der Waals surface area contributed by atoms with E-state index in [1.807, 2.05) is 13.2 Å². The van der Waals surface area contributed by atoms with Crippen LogP contribution in [-0.2, 0) is 0 Å². The van der Waals surface area contributed by atoms with Crippen molar-refractivity contribution in [3.8, 4) is 0 Å². The number of hydrogen-bond acceptors (Lipinski definition) is 4. The number of carbonyl (C=O) groups excluding carboxylic acids is 1. The van der Waals surface area contributed by atoms with E-state index in [-0.39, 0.29) is 0 Å². The summed E-state index contributed by atoms with van der Waals surface area (Å²) in [5.41, 5.74) is 7.28. The lowest BCUT2D eigenvalue weighted by Crippen LogP contribution is -2.16. The van der Waals surface area contributed by atoms with Crippen molar-refractivity contribution in [2.75, 3.05) is 6.26 Å². The number of primary amides is 1. The third-order valence-electron chi connectivity index (χ3n) is 1.86. The molecule has 1 heterocycles. The van der Waals surface area contributed by atoms with Crippen molar-refractivity contribution in [2.24, 2.45) is 5.73 Å². The Kier molecular flexibility index (Phi) is 2.87. The smallest absolute Gasteiger partial charge is 0.251 e. The fourth-order valence-electron chi connectivity index (χ4n) is 1.02. The first-order valence-corrected chi connectivity index (χ1v) is 4.98. The Morgan fingerprint density at radius 1 is 1.38 bits per heavy atom. The Morgan fingerprint density at radius 3 is 2.46 bits per heavy atom. The molecule has 4 nitrogen and oxygen atoms in total. The van der Waals surface area contributed by atoms with Gasteiger partial charge >= 0.3 is 0 Å². The number of amides is 1. The molecule has 2 N–H and O–H groups in total. The lowest BCUT2D eigenvalue weighted by molar-refractivity contribution is 0.0995. The molecular weight excluding hydrogens is 186 g/mol. The van der Waals surface area contributed by atoms with Gasteiger partial charge in [0.15, 0.2) is 0 Å². The number of nitrogens with two attached hydrogens (primary N) is 1. The fourth-order valence-corrected chi connectivity index (χ4v) is 1.60. The van der Waals surface area contributed by atoms with E-state index >= 15 is 0 Å². The highest BCUT2D eigenvalue weighted by atomic mass is 32.2. The molecule has 70 valence electrons. The minimum atomic E-state index is -0.445. The zero-order valence-corrected chi connectivity index (χ0v) is 8.60. The number of nitrogens with zero attached hydrogens (tertiary/aromatic N) is 2. The molecule has 0 radical (unpaired) electrons. The van der Waals surface area contributed by atoms with Gasteiger partial charge in [-0.3, -0.25) is 4.79 Å². The molecule has 13 heavy (non-hydrogen) atoms. The van der Waals surface area contributed by atoms with E-state index in [0.717, 1.165) is 11.3 Å². The molecule has 0 fully saturated rings. The third-order valence-corrected chi connectivity index (χ3v) is 2.53. The standard InChI is InChI=1S/C8H11N3OS/c1-4-5(2)10-11-8(13-3)6(4)7(9)12/h1-3H3,(H2,9,12). The normalized spacial score (nSPS) is 10.1. The highest BCUT2D eigenvalue weighted by Crippen LogP contribution is 2.20. The number of thioether (sulfide) groups is 1. The summed E-state index contributed by atoms with van der Waals surface area (Å²) in [4.78, 5) is 11.1. The highest BCUT2D eigenvalue weighted by molar-refractivity contribution is 7.98. The van der Waals surface area contributed by atoms with Gasteiger partial charge in [-0.2, -0.15) is 5.10 Å². The summed E-state index contributed by atoms with van der Waals surface area (Å²) < 4.78 is 0. The Hall–Kier alpha value is -1.10. The van der Waals surface area contributed by atoms with Gasteiger partial charge in [0.25, 0.3) is 5.91 Å². The second kappa shape index (κ2) is 3.74. The summed E-state index contributed by atoms with van der Waals surface area (Å²) in [6, 6.07) is 0. The van der Waals surface area contributed by atoms with Gasteiger partial charge in [-0.05, 0) is 25.7 Å². The second-order valence-electron chi connectivity index (χ2n) is 2.66. The van der Waals surface area contributed by atoms with E-state index in [9.17, 15) is 4.79 Å². The SMILES string of the molecule is CSc1nnc(C)c(C)c1C(N)=O. The van der Waals surface area contributed by atoms with Crippen LogP contribution in [0, 0.1) is 13.8 Å². The van der Waals surface area contributed by atoms with Gasteiger partial charge in [0.05, 0.1) is 11.3 Å². The van der Waals surface area contributed by atoms with Crippen LogP contribution in [0.4, 0.5) is 0 Å². The zero-order valence-electron chi connectivity index (χ0n) is 7.79. The quantitative estimate of drug-likeness (QED) is 0.716. The zero-order chi connectivity index (χ0) is 10.0. The Morgan fingerprint density at radius 2 is 2.00 bits per heavy atom. The fraction of sp³-hybridized carbons (Fsp3) is 0.375. The van der Waals surface area contributed by atoms with Crippen LogP contribution in [0.25, 0.3) is 0 Å². The average Bonchev–Trinajstić information content (AvgIpc) is 2.08. The Balaban J connectivity index is 3.41. The molecular formula is C8H11N3OS. The van der Waals surface area contributed by atoms with Gasteiger partial charge in [-0.1, -0.05) is 0 Å². The molecule has 0 aliphatic heterocycles. The van der Waals surface area contributed by atoms with Crippen LogP contribution < -0.4 is 5.73 Å². The molecule has 0 aliphatic carbocycles. The minimum Gasteiger partial charge on any atom is -0.366 e. The van der Waals surface area contributed by atoms with Gasteiger partial charge in [-0.25, -0.2) is 0 Å². The molecule has 0 saturated carbocycles. The van der Waals surface area contributed by atoms with Gasteiger partial charge in [0.1, 0.15) is 5.03 Å². The predicted molar refractivity (Wildman–Crippen MR) is 51.8 cm³/mol. The average molecular weight is 197 g/mol. The molecule has 1 aromatic heterocycles. The van der Waals surface area contributed by atoms with Gasteiger partial charge in [-0.15, -0.1) is 16.9 Å². The van der Waals surface area contributed by atoms with E-state index in [2.05, 4.69) is 10.2 Å². The van der Waals surface area contributed by atoms with Crippen LogP contribution in [0.2, 0.25) is 0 Å². The van der Waals surface area contributed by atoms with Gasteiger partial charge in [0, 0.05) is 0 Å². The molecule has 0 atom stereocenters. The maximum absolute atomic E-state index is 11.1. The lowest BCUT2D eigenvalue weighted by Gasteiger charge is -2.06. The molecule has 0 aromatic carbocycles. The van der Waals surface area contributed by atoms with E-state index < -0.39 is 5.91 Å².